The van der Waals surface area contributed by atoms with E-state index in [4.69, 9.17) is 4.74 Å². The second-order valence-electron chi connectivity index (χ2n) is 5.59. The maximum Gasteiger partial charge on any atom is 0.226 e. The van der Waals surface area contributed by atoms with Gasteiger partial charge in [0.1, 0.15) is 0 Å². The largest absolute Gasteiger partial charge is 0.477 e. The zero-order chi connectivity index (χ0) is 16.5. The molecule has 23 heavy (non-hydrogen) atoms. The van der Waals surface area contributed by atoms with Crippen molar-refractivity contribution >= 4 is 17.1 Å². The molecule has 0 saturated heterocycles. The van der Waals surface area contributed by atoms with E-state index in [0.717, 1.165) is 19.4 Å². The number of thiazole rings is 1. The number of rotatable bonds is 10. The third-order valence-corrected chi connectivity index (χ3v) is 4.15. The third-order valence-electron chi connectivity index (χ3n) is 3.38. The Morgan fingerprint density at radius 3 is 2.74 bits per heavy atom. The molecule has 2 rings (SSSR count). The molecule has 0 bridgehead atoms. The number of unbranched alkanes of at least 4 members (excludes halogenated alkanes) is 3. The number of hydrogen-bond acceptors (Lipinski definition) is 6. The molecule has 2 aromatic heterocycles. The Balaban J connectivity index is 1.81. The first-order chi connectivity index (χ1) is 11.2. The summed E-state index contributed by atoms with van der Waals surface area (Å²) < 4.78 is 5.72. The van der Waals surface area contributed by atoms with Crippen LogP contribution in [0.3, 0.4) is 0 Å². The molecule has 0 radical (unpaired) electrons. The number of hydrogen-bond donors (Lipinski definition) is 0. The van der Waals surface area contributed by atoms with E-state index >= 15 is 0 Å². The van der Waals surface area contributed by atoms with Crippen LogP contribution >= 0.6 is 11.3 Å². The van der Waals surface area contributed by atoms with Crippen LogP contribution in [0.5, 0.6) is 5.88 Å². The van der Waals surface area contributed by atoms with Crippen molar-refractivity contribution in [1.82, 2.24) is 14.9 Å². The van der Waals surface area contributed by atoms with Crippen LogP contribution in [0.1, 0.15) is 41.0 Å². The molecule has 0 aromatic carbocycles. The zero-order valence-electron chi connectivity index (χ0n) is 13.7. The fourth-order valence-electron chi connectivity index (χ4n) is 2.18. The fourth-order valence-corrected chi connectivity index (χ4v) is 2.77. The van der Waals surface area contributed by atoms with E-state index in [1.54, 1.807) is 29.9 Å². The molecule has 0 aliphatic rings. The summed E-state index contributed by atoms with van der Waals surface area (Å²) in [6.45, 7) is 1.70. The van der Waals surface area contributed by atoms with Gasteiger partial charge in [-0.2, -0.15) is 0 Å². The Labute approximate surface area is 141 Å². The van der Waals surface area contributed by atoms with E-state index in [9.17, 15) is 4.79 Å². The molecule has 0 amide bonds. The third kappa shape index (κ3) is 5.73. The summed E-state index contributed by atoms with van der Waals surface area (Å²) in [6.07, 6.45) is 7.75. The smallest absolute Gasteiger partial charge is 0.226 e. The van der Waals surface area contributed by atoms with Gasteiger partial charge >= 0.3 is 0 Å². The van der Waals surface area contributed by atoms with Gasteiger partial charge < -0.3 is 9.64 Å². The van der Waals surface area contributed by atoms with E-state index in [0.29, 0.717) is 23.1 Å². The van der Waals surface area contributed by atoms with E-state index in [-0.39, 0.29) is 5.78 Å². The van der Waals surface area contributed by atoms with Crippen LogP contribution in [-0.4, -0.2) is 47.9 Å². The van der Waals surface area contributed by atoms with Gasteiger partial charge in [0.25, 0.3) is 0 Å². The van der Waals surface area contributed by atoms with Gasteiger partial charge in [-0.1, -0.05) is 12.8 Å². The molecule has 124 valence electrons. The molecule has 0 N–H and O–H groups in total. The highest BCUT2D eigenvalue weighted by atomic mass is 32.1. The Kier molecular flexibility index (Phi) is 7.16. The summed E-state index contributed by atoms with van der Waals surface area (Å²) in [5, 5.41) is 2.25. The molecule has 0 spiro atoms. The van der Waals surface area contributed by atoms with Gasteiger partial charge in [0, 0.05) is 17.8 Å². The first kappa shape index (κ1) is 17.6. The lowest BCUT2D eigenvalue weighted by Crippen LogP contribution is -2.12. The molecule has 0 aliphatic heterocycles. The van der Waals surface area contributed by atoms with Crippen molar-refractivity contribution in [2.45, 2.75) is 25.7 Å². The highest BCUT2D eigenvalue weighted by molar-refractivity contribution is 7.11. The lowest BCUT2D eigenvalue weighted by Gasteiger charge is -2.10. The Bertz CT molecular complexity index is 600. The van der Waals surface area contributed by atoms with Crippen molar-refractivity contribution in [3.8, 4) is 5.88 Å². The van der Waals surface area contributed by atoms with Crippen LogP contribution in [0.25, 0.3) is 0 Å². The van der Waals surface area contributed by atoms with Crippen LogP contribution in [0.4, 0.5) is 0 Å². The number of pyridine rings is 1. The minimum absolute atomic E-state index is 0.130. The van der Waals surface area contributed by atoms with E-state index < -0.39 is 0 Å². The number of carbonyl (C=O) groups is 1. The zero-order valence-corrected chi connectivity index (χ0v) is 14.5. The van der Waals surface area contributed by atoms with Crippen LogP contribution < -0.4 is 4.74 Å². The maximum atomic E-state index is 12.4. The average Bonchev–Trinajstić information content (AvgIpc) is 3.08. The SMILES string of the molecule is CN(C)CCCCCCOc1ncccc1C(=O)c1nccs1. The fraction of sp³-hybridized carbons (Fsp3) is 0.471. The summed E-state index contributed by atoms with van der Waals surface area (Å²) in [7, 11) is 4.18. The highest BCUT2D eigenvalue weighted by Crippen LogP contribution is 2.20. The topological polar surface area (TPSA) is 55.3 Å². The van der Waals surface area contributed by atoms with Crippen molar-refractivity contribution in [2.75, 3.05) is 27.2 Å². The molecule has 0 unspecified atom stereocenters. The summed E-state index contributed by atoms with van der Waals surface area (Å²) in [6, 6.07) is 3.48. The van der Waals surface area contributed by atoms with Crippen molar-refractivity contribution in [3.05, 3.63) is 40.5 Å². The molecular weight excluding hydrogens is 310 g/mol. The van der Waals surface area contributed by atoms with E-state index in [1.807, 2.05) is 0 Å². The molecular formula is C17H23N3O2S. The summed E-state index contributed by atoms with van der Waals surface area (Å²) in [5.41, 5.74) is 0.482. The van der Waals surface area contributed by atoms with Gasteiger partial charge in [0.05, 0.1) is 12.2 Å². The van der Waals surface area contributed by atoms with E-state index in [1.165, 1.54) is 24.2 Å². The minimum Gasteiger partial charge on any atom is -0.477 e. The average molecular weight is 333 g/mol. The standard InChI is InChI=1S/C17H23N3O2S/c1-20(2)11-5-3-4-6-12-22-16-14(8-7-9-18-16)15(21)17-19-10-13-23-17/h7-10,13H,3-6,11-12H2,1-2H3. The van der Waals surface area contributed by atoms with Gasteiger partial charge in [-0.05, 0) is 45.6 Å². The number of ether oxygens (including phenoxy) is 1. The Morgan fingerprint density at radius 1 is 1.17 bits per heavy atom. The molecule has 6 heteroatoms. The second kappa shape index (κ2) is 9.37. The van der Waals surface area contributed by atoms with Crippen molar-refractivity contribution in [1.29, 1.82) is 0 Å². The van der Waals surface area contributed by atoms with Crippen molar-refractivity contribution in [3.63, 3.8) is 0 Å². The van der Waals surface area contributed by atoms with Gasteiger partial charge in [-0.3, -0.25) is 4.79 Å². The van der Waals surface area contributed by atoms with Gasteiger partial charge in [0.15, 0.2) is 5.01 Å². The van der Waals surface area contributed by atoms with Gasteiger partial charge in [0.2, 0.25) is 11.7 Å². The highest BCUT2D eigenvalue weighted by Gasteiger charge is 2.17. The number of ketones is 1. The predicted molar refractivity (Wildman–Crippen MR) is 92.3 cm³/mol. The van der Waals surface area contributed by atoms with Gasteiger partial charge in [-0.15, -0.1) is 11.3 Å². The molecule has 5 nitrogen and oxygen atoms in total. The maximum absolute atomic E-state index is 12.4. The van der Waals surface area contributed by atoms with Crippen molar-refractivity contribution < 1.29 is 9.53 Å². The number of aromatic nitrogens is 2. The van der Waals surface area contributed by atoms with Gasteiger partial charge in [-0.25, -0.2) is 9.97 Å². The van der Waals surface area contributed by atoms with Crippen LogP contribution in [0, 0.1) is 0 Å². The molecule has 0 fully saturated rings. The monoisotopic (exact) mass is 333 g/mol. The molecule has 2 aromatic rings. The Hall–Kier alpha value is -1.79. The minimum atomic E-state index is -0.130. The second-order valence-corrected chi connectivity index (χ2v) is 6.48. The summed E-state index contributed by atoms with van der Waals surface area (Å²) in [5.74, 6) is 0.273. The van der Waals surface area contributed by atoms with E-state index in [2.05, 4.69) is 29.0 Å². The summed E-state index contributed by atoms with van der Waals surface area (Å²) >= 11 is 1.33. The van der Waals surface area contributed by atoms with Crippen LogP contribution in [0.2, 0.25) is 0 Å². The normalized spacial score (nSPS) is 10.9. The molecule has 0 aliphatic carbocycles. The number of nitrogens with zero attached hydrogens (tertiary/aromatic N) is 3. The number of carbonyl (C=O) groups excluding carboxylic acids is 1. The predicted octanol–water partition coefficient (Wildman–Crippen LogP) is 3.27. The first-order valence-electron chi connectivity index (χ1n) is 7.85. The van der Waals surface area contributed by atoms with Crippen LogP contribution in [0.15, 0.2) is 29.9 Å². The lowest BCUT2D eigenvalue weighted by molar-refractivity contribution is 0.103. The molecule has 2 heterocycles. The first-order valence-corrected chi connectivity index (χ1v) is 8.73. The quantitative estimate of drug-likeness (QED) is 0.493. The summed E-state index contributed by atoms with van der Waals surface area (Å²) in [4.78, 5) is 22.8. The Morgan fingerprint density at radius 2 is 2.00 bits per heavy atom. The van der Waals surface area contributed by atoms with Crippen LogP contribution in [-0.2, 0) is 0 Å². The lowest BCUT2D eigenvalue weighted by atomic mass is 10.2. The van der Waals surface area contributed by atoms with Crippen molar-refractivity contribution in [2.24, 2.45) is 0 Å². The molecule has 0 saturated carbocycles. The molecule has 0 atom stereocenters.